The van der Waals surface area contributed by atoms with Crippen molar-refractivity contribution in [1.82, 2.24) is 15.5 Å². The average Bonchev–Trinajstić information content (AvgIpc) is 3.17. The van der Waals surface area contributed by atoms with Crippen LogP contribution in [0.1, 0.15) is 22.3 Å². The second-order valence-corrected chi connectivity index (χ2v) is 7.37. The Labute approximate surface area is 167 Å². The van der Waals surface area contributed by atoms with Gasteiger partial charge in [-0.05, 0) is 24.1 Å². The molecule has 0 aromatic heterocycles. The molecule has 3 aliphatic rings. The number of fused-ring (bicyclic) bond motifs is 1. The first-order chi connectivity index (χ1) is 13.8. The van der Waals surface area contributed by atoms with Crippen molar-refractivity contribution in [3.05, 3.63) is 65.5 Å². The lowest BCUT2D eigenvalue weighted by molar-refractivity contribution is -0.125. The van der Waals surface area contributed by atoms with E-state index in [0.29, 0.717) is 29.9 Å². The Balaban J connectivity index is 1.62. The third kappa shape index (κ3) is 3.06. The van der Waals surface area contributed by atoms with Crippen LogP contribution in [0.4, 0.5) is 4.79 Å². The maximum absolute atomic E-state index is 13.0. The smallest absolute Gasteiger partial charge is 0.322 e. The third-order valence-corrected chi connectivity index (χ3v) is 5.67. The molecule has 2 heterocycles. The summed E-state index contributed by atoms with van der Waals surface area (Å²) in [6, 6.07) is 4.71. The largest absolute Gasteiger partial charge is 0.508 e. The second kappa shape index (κ2) is 6.80. The van der Waals surface area contributed by atoms with Gasteiger partial charge in [0.15, 0.2) is 0 Å². The Morgan fingerprint density at radius 3 is 2.76 bits per heavy atom. The highest BCUT2D eigenvalue weighted by molar-refractivity contribution is 6.08. The van der Waals surface area contributed by atoms with Crippen LogP contribution in [-0.2, 0) is 11.3 Å². The minimum absolute atomic E-state index is 0.0264. The zero-order valence-corrected chi connectivity index (χ0v) is 15.9. The van der Waals surface area contributed by atoms with Crippen molar-refractivity contribution >= 4 is 17.8 Å². The summed E-state index contributed by atoms with van der Waals surface area (Å²) >= 11 is 0. The first-order valence-corrected chi connectivity index (χ1v) is 9.20. The Bertz CT molecular complexity index is 996. The van der Waals surface area contributed by atoms with E-state index in [0.717, 1.165) is 5.56 Å². The van der Waals surface area contributed by atoms with E-state index in [9.17, 15) is 19.5 Å². The number of benzene rings is 1. The van der Waals surface area contributed by atoms with Crippen LogP contribution in [0.25, 0.3) is 0 Å². The molecule has 8 heteroatoms. The summed E-state index contributed by atoms with van der Waals surface area (Å²) in [4.78, 5) is 39.3. The summed E-state index contributed by atoms with van der Waals surface area (Å²) in [5, 5.41) is 14.6. The van der Waals surface area contributed by atoms with Gasteiger partial charge in [-0.1, -0.05) is 30.9 Å². The van der Waals surface area contributed by atoms with Gasteiger partial charge in [0.05, 0.1) is 13.7 Å². The van der Waals surface area contributed by atoms with E-state index < -0.39 is 17.5 Å². The highest BCUT2D eigenvalue weighted by Gasteiger charge is 2.53. The van der Waals surface area contributed by atoms with Gasteiger partial charge >= 0.3 is 6.03 Å². The summed E-state index contributed by atoms with van der Waals surface area (Å²) in [7, 11) is 1.53. The van der Waals surface area contributed by atoms with Gasteiger partial charge in [-0.3, -0.25) is 14.9 Å². The predicted octanol–water partition coefficient (Wildman–Crippen LogP) is 1.80. The predicted molar refractivity (Wildman–Crippen MR) is 104 cm³/mol. The van der Waals surface area contributed by atoms with E-state index in [4.69, 9.17) is 4.74 Å². The van der Waals surface area contributed by atoms with E-state index >= 15 is 0 Å². The van der Waals surface area contributed by atoms with Crippen LogP contribution < -0.4 is 15.4 Å². The first kappa shape index (κ1) is 18.8. The maximum Gasteiger partial charge on any atom is 0.322 e. The van der Waals surface area contributed by atoms with Crippen molar-refractivity contribution < 1.29 is 24.2 Å². The summed E-state index contributed by atoms with van der Waals surface area (Å²) in [6.45, 7) is 3.87. The summed E-state index contributed by atoms with van der Waals surface area (Å²) in [5.74, 6) is -0.557. The number of ether oxygens (including phenoxy) is 1. The molecule has 29 heavy (non-hydrogen) atoms. The number of amides is 4. The number of hydrogen-bond acceptors (Lipinski definition) is 5. The van der Waals surface area contributed by atoms with Gasteiger partial charge in [-0.25, -0.2) is 4.79 Å². The number of allylic oxidation sites excluding steroid dienone is 2. The van der Waals surface area contributed by atoms with Crippen LogP contribution in [-0.4, -0.2) is 47.0 Å². The summed E-state index contributed by atoms with van der Waals surface area (Å²) in [6.07, 6.45) is 5.60. The van der Waals surface area contributed by atoms with Crippen molar-refractivity contribution in [3.8, 4) is 5.75 Å². The van der Waals surface area contributed by atoms with Crippen LogP contribution in [0.2, 0.25) is 0 Å². The van der Waals surface area contributed by atoms with E-state index in [-0.39, 0.29) is 24.1 Å². The van der Waals surface area contributed by atoms with Crippen LogP contribution in [0.15, 0.2) is 54.3 Å². The molecule has 8 nitrogen and oxygen atoms in total. The quantitative estimate of drug-likeness (QED) is 0.521. The Morgan fingerprint density at radius 2 is 2.17 bits per heavy atom. The Kier molecular flexibility index (Phi) is 4.41. The van der Waals surface area contributed by atoms with Gasteiger partial charge in [0.1, 0.15) is 17.0 Å². The number of methoxy groups -OCH3 is 1. The zero-order valence-electron chi connectivity index (χ0n) is 15.9. The minimum Gasteiger partial charge on any atom is -0.508 e. The molecule has 1 aromatic rings. The SMILES string of the molecule is C=C(O)C1=CCC(C2(CN3Cc4ccc(OC)cc4C3=O)NC(=O)NC2=O)C=C1. The van der Waals surface area contributed by atoms with E-state index in [2.05, 4.69) is 17.2 Å². The number of aliphatic hydroxyl groups is 1. The standard InChI is InChI=1S/C21H21N3O5/c1-12(25)13-3-6-15(7-4-13)21(19(27)22-20(28)23-21)11-24-10-14-5-8-16(29-2)9-17(14)18(24)26/h3-6,8-9,15,25H,1,7,10-11H2,2H3,(H2,22,23,27,28). The first-order valence-electron chi connectivity index (χ1n) is 9.20. The molecular weight excluding hydrogens is 374 g/mol. The lowest BCUT2D eigenvalue weighted by Crippen LogP contribution is -2.59. The van der Waals surface area contributed by atoms with Crippen molar-refractivity contribution in [2.45, 2.75) is 18.5 Å². The number of nitrogens with zero attached hydrogens (tertiary/aromatic N) is 1. The molecule has 1 saturated heterocycles. The lowest BCUT2D eigenvalue weighted by atomic mass is 9.78. The maximum atomic E-state index is 13.0. The number of carbonyl (C=O) groups excluding carboxylic acids is 3. The van der Waals surface area contributed by atoms with Crippen LogP contribution in [0.3, 0.4) is 0 Å². The molecule has 4 amide bonds. The summed E-state index contributed by atoms with van der Waals surface area (Å²) in [5.41, 5.74) is 0.641. The molecule has 4 rings (SSSR count). The summed E-state index contributed by atoms with van der Waals surface area (Å²) < 4.78 is 5.20. The van der Waals surface area contributed by atoms with E-state index in [1.165, 1.54) is 7.11 Å². The highest BCUT2D eigenvalue weighted by Crippen LogP contribution is 2.35. The van der Waals surface area contributed by atoms with Gasteiger partial charge in [0.2, 0.25) is 0 Å². The molecule has 1 fully saturated rings. The third-order valence-electron chi connectivity index (χ3n) is 5.67. The molecule has 3 N–H and O–H groups in total. The topological polar surface area (TPSA) is 108 Å². The molecule has 0 spiro atoms. The van der Waals surface area contributed by atoms with E-state index in [1.54, 1.807) is 35.3 Å². The van der Waals surface area contributed by atoms with Crippen molar-refractivity contribution in [3.63, 3.8) is 0 Å². The molecule has 0 radical (unpaired) electrons. The van der Waals surface area contributed by atoms with Crippen LogP contribution in [0.5, 0.6) is 5.75 Å². The second-order valence-electron chi connectivity index (χ2n) is 7.37. The van der Waals surface area contributed by atoms with Gasteiger partial charge in [-0.2, -0.15) is 0 Å². The molecule has 0 saturated carbocycles. The molecule has 2 aliphatic heterocycles. The highest BCUT2D eigenvalue weighted by atomic mass is 16.5. The van der Waals surface area contributed by atoms with Gasteiger partial charge in [0, 0.05) is 23.6 Å². The molecule has 1 aromatic carbocycles. The monoisotopic (exact) mass is 395 g/mol. The van der Waals surface area contributed by atoms with Gasteiger partial charge < -0.3 is 20.1 Å². The minimum atomic E-state index is -1.30. The fourth-order valence-corrected chi connectivity index (χ4v) is 4.09. The number of urea groups is 1. The number of rotatable bonds is 5. The number of hydrogen-bond donors (Lipinski definition) is 3. The van der Waals surface area contributed by atoms with Crippen molar-refractivity contribution in [2.24, 2.45) is 5.92 Å². The van der Waals surface area contributed by atoms with Gasteiger partial charge in [0.25, 0.3) is 11.8 Å². The average molecular weight is 395 g/mol. The normalized spacial score (nSPS) is 25.4. The van der Waals surface area contributed by atoms with Crippen LogP contribution in [0, 0.1) is 5.92 Å². The molecule has 1 aliphatic carbocycles. The van der Waals surface area contributed by atoms with E-state index in [1.807, 2.05) is 6.07 Å². The van der Waals surface area contributed by atoms with Gasteiger partial charge in [-0.15, -0.1) is 0 Å². The fraction of sp³-hybridized carbons (Fsp3) is 0.286. The lowest BCUT2D eigenvalue weighted by Gasteiger charge is -2.37. The number of aliphatic hydroxyl groups excluding tert-OH is 1. The zero-order chi connectivity index (χ0) is 20.8. The molecular formula is C21H21N3O5. The Morgan fingerprint density at radius 1 is 1.38 bits per heavy atom. The van der Waals surface area contributed by atoms with Crippen molar-refractivity contribution in [2.75, 3.05) is 13.7 Å². The molecule has 0 bridgehead atoms. The molecule has 2 unspecified atom stereocenters. The molecule has 150 valence electrons. The van der Waals surface area contributed by atoms with Crippen LogP contribution >= 0.6 is 0 Å². The Hall–Kier alpha value is -3.55. The molecule has 2 atom stereocenters. The van der Waals surface area contributed by atoms with Crippen molar-refractivity contribution in [1.29, 1.82) is 0 Å². The number of carbonyl (C=O) groups is 3. The fourth-order valence-electron chi connectivity index (χ4n) is 4.09. The number of nitrogens with one attached hydrogen (secondary N) is 2. The number of imide groups is 1.